The highest BCUT2D eigenvalue weighted by Crippen LogP contribution is 2.33. The van der Waals surface area contributed by atoms with Crippen molar-refractivity contribution in [2.75, 3.05) is 40.3 Å². The maximum atomic E-state index is 12.5. The monoisotopic (exact) mass is 374 g/mol. The van der Waals surface area contributed by atoms with Gasteiger partial charge < -0.3 is 14.8 Å². The van der Waals surface area contributed by atoms with Gasteiger partial charge in [-0.15, -0.1) is 10.2 Å². The SMILES string of the molecule is CN(C)CCNC(=O)c1nnc2n1C[C@H]1CN(Cc3ccsc3)C[C@@H]1C2. The van der Waals surface area contributed by atoms with Crippen LogP contribution in [0.25, 0.3) is 0 Å². The molecule has 1 N–H and O–H groups in total. The fraction of sp³-hybridized carbons (Fsp3) is 0.611. The zero-order valence-electron chi connectivity index (χ0n) is 15.4. The smallest absolute Gasteiger partial charge is 0.289 e. The molecule has 4 rings (SSSR count). The van der Waals surface area contributed by atoms with Crippen molar-refractivity contribution in [2.24, 2.45) is 11.8 Å². The Morgan fingerprint density at radius 2 is 2.15 bits per heavy atom. The number of hydrogen-bond acceptors (Lipinski definition) is 6. The lowest BCUT2D eigenvalue weighted by atomic mass is 9.89. The Kier molecular flexibility index (Phi) is 5.06. The van der Waals surface area contributed by atoms with Crippen LogP contribution in [0.3, 0.4) is 0 Å². The molecule has 0 aliphatic carbocycles. The first-order valence-corrected chi connectivity index (χ1v) is 10.1. The zero-order valence-corrected chi connectivity index (χ0v) is 16.2. The fourth-order valence-corrected chi connectivity index (χ4v) is 4.69. The number of likely N-dealkylation sites (tertiary alicyclic amines) is 1. The maximum Gasteiger partial charge on any atom is 0.289 e. The van der Waals surface area contributed by atoms with Crippen LogP contribution in [0.2, 0.25) is 0 Å². The van der Waals surface area contributed by atoms with Crippen molar-refractivity contribution in [3.05, 3.63) is 34.0 Å². The number of nitrogens with one attached hydrogen (secondary N) is 1. The van der Waals surface area contributed by atoms with Crippen LogP contribution in [0, 0.1) is 11.8 Å². The van der Waals surface area contributed by atoms with Crippen molar-refractivity contribution in [3.63, 3.8) is 0 Å². The number of nitrogens with zero attached hydrogens (tertiary/aromatic N) is 5. The Bertz CT molecular complexity index is 756. The van der Waals surface area contributed by atoms with E-state index < -0.39 is 0 Å². The van der Waals surface area contributed by atoms with Crippen LogP contribution in [-0.2, 0) is 19.5 Å². The van der Waals surface area contributed by atoms with Crippen molar-refractivity contribution in [2.45, 2.75) is 19.5 Å². The van der Waals surface area contributed by atoms with Gasteiger partial charge in [0.1, 0.15) is 5.82 Å². The molecule has 2 aromatic rings. The number of hydrogen-bond donors (Lipinski definition) is 1. The van der Waals surface area contributed by atoms with Crippen LogP contribution in [0.5, 0.6) is 0 Å². The molecular formula is C18H26N6OS. The summed E-state index contributed by atoms with van der Waals surface area (Å²) >= 11 is 1.76. The van der Waals surface area contributed by atoms with Gasteiger partial charge in [-0.25, -0.2) is 0 Å². The van der Waals surface area contributed by atoms with E-state index in [4.69, 9.17) is 0 Å². The highest BCUT2D eigenvalue weighted by Gasteiger charge is 2.39. The minimum atomic E-state index is -0.114. The Labute approximate surface area is 158 Å². The molecule has 4 heterocycles. The first kappa shape index (κ1) is 17.6. The second-order valence-corrected chi connectivity index (χ2v) is 8.44. The van der Waals surface area contributed by atoms with Gasteiger partial charge in [-0.1, -0.05) is 0 Å². The summed E-state index contributed by atoms with van der Waals surface area (Å²) in [7, 11) is 3.99. The topological polar surface area (TPSA) is 66.3 Å². The van der Waals surface area contributed by atoms with Crippen molar-refractivity contribution in [1.82, 2.24) is 29.9 Å². The van der Waals surface area contributed by atoms with Gasteiger partial charge in [-0.05, 0) is 48.3 Å². The van der Waals surface area contributed by atoms with Gasteiger partial charge in [0.15, 0.2) is 0 Å². The summed E-state index contributed by atoms with van der Waals surface area (Å²) in [5.41, 5.74) is 1.40. The van der Waals surface area contributed by atoms with E-state index >= 15 is 0 Å². The molecule has 1 saturated heterocycles. The highest BCUT2D eigenvalue weighted by atomic mass is 32.1. The predicted molar refractivity (Wildman–Crippen MR) is 101 cm³/mol. The normalized spacial score (nSPS) is 22.4. The maximum absolute atomic E-state index is 12.5. The van der Waals surface area contributed by atoms with Gasteiger partial charge >= 0.3 is 0 Å². The summed E-state index contributed by atoms with van der Waals surface area (Å²) in [6, 6.07) is 2.21. The van der Waals surface area contributed by atoms with Crippen LogP contribution >= 0.6 is 11.3 Å². The molecule has 7 nitrogen and oxygen atoms in total. The molecular weight excluding hydrogens is 348 g/mol. The van der Waals surface area contributed by atoms with E-state index in [1.807, 2.05) is 23.6 Å². The molecule has 0 saturated carbocycles. The standard InChI is InChI=1S/C18H26N6OS/c1-22(2)5-4-19-18(25)17-21-20-16-7-14-9-23(8-13-3-6-26-12-13)10-15(14)11-24(16)17/h3,6,12,14-15H,4-5,7-11H2,1-2H3,(H,19,25)/t14-,15+/m0/s1. The second kappa shape index (κ2) is 7.46. The number of amides is 1. The van der Waals surface area contributed by atoms with E-state index in [0.29, 0.717) is 24.2 Å². The fourth-order valence-electron chi connectivity index (χ4n) is 4.03. The molecule has 0 radical (unpaired) electrons. The first-order chi connectivity index (χ1) is 12.6. The number of thiophene rings is 1. The number of aromatic nitrogens is 3. The molecule has 140 valence electrons. The third-order valence-corrected chi connectivity index (χ3v) is 6.11. The van der Waals surface area contributed by atoms with Gasteiger partial charge in [-0.2, -0.15) is 11.3 Å². The van der Waals surface area contributed by atoms with Crippen molar-refractivity contribution < 1.29 is 4.79 Å². The highest BCUT2D eigenvalue weighted by molar-refractivity contribution is 7.07. The summed E-state index contributed by atoms with van der Waals surface area (Å²) in [6.45, 7) is 5.50. The van der Waals surface area contributed by atoms with E-state index in [-0.39, 0.29) is 5.91 Å². The van der Waals surface area contributed by atoms with E-state index in [1.54, 1.807) is 11.3 Å². The Balaban J connectivity index is 1.39. The minimum absolute atomic E-state index is 0.114. The van der Waals surface area contributed by atoms with E-state index in [1.165, 1.54) is 5.56 Å². The average molecular weight is 375 g/mol. The molecule has 1 fully saturated rings. The lowest BCUT2D eigenvalue weighted by Gasteiger charge is -2.25. The molecule has 1 amide bonds. The quantitative estimate of drug-likeness (QED) is 0.815. The van der Waals surface area contributed by atoms with Crippen LogP contribution < -0.4 is 5.32 Å². The van der Waals surface area contributed by atoms with Crippen molar-refractivity contribution in [3.8, 4) is 0 Å². The molecule has 0 aromatic carbocycles. The molecule has 2 atom stereocenters. The molecule has 2 aliphatic heterocycles. The van der Waals surface area contributed by atoms with Crippen molar-refractivity contribution in [1.29, 1.82) is 0 Å². The number of rotatable bonds is 6. The van der Waals surface area contributed by atoms with Gasteiger partial charge in [0.05, 0.1) is 0 Å². The second-order valence-electron chi connectivity index (χ2n) is 7.66. The van der Waals surface area contributed by atoms with Gasteiger partial charge in [0, 0.05) is 45.7 Å². The summed E-state index contributed by atoms with van der Waals surface area (Å²) in [6.07, 6.45) is 0.919. The summed E-state index contributed by atoms with van der Waals surface area (Å²) in [4.78, 5) is 17.0. The third-order valence-electron chi connectivity index (χ3n) is 5.38. The Morgan fingerprint density at radius 3 is 2.92 bits per heavy atom. The first-order valence-electron chi connectivity index (χ1n) is 9.18. The van der Waals surface area contributed by atoms with Crippen LogP contribution in [0.1, 0.15) is 22.0 Å². The van der Waals surface area contributed by atoms with Crippen LogP contribution in [0.4, 0.5) is 0 Å². The predicted octanol–water partition coefficient (Wildman–Crippen LogP) is 0.935. The largest absolute Gasteiger partial charge is 0.348 e. The molecule has 2 aliphatic rings. The number of likely N-dealkylation sites (N-methyl/N-ethyl adjacent to an activating group) is 1. The minimum Gasteiger partial charge on any atom is -0.348 e. The molecule has 26 heavy (non-hydrogen) atoms. The Hall–Kier alpha value is -1.77. The Morgan fingerprint density at radius 1 is 1.31 bits per heavy atom. The van der Waals surface area contributed by atoms with Gasteiger partial charge in [0.2, 0.25) is 5.82 Å². The number of carbonyl (C=O) groups is 1. The number of carbonyl (C=O) groups excluding carboxylic acids is 1. The molecule has 8 heteroatoms. The van der Waals surface area contributed by atoms with Gasteiger partial charge in [-0.3, -0.25) is 9.69 Å². The zero-order chi connectivity index (χ0) is 18.1. The van der Waals surface area contributed by atoms with Gasteiger partial charge in [0.25, 0.3) is 5.91 Å². The lowest BCUT2D eigenvalue weighted by molar-refractivity contribution is 0.0932. The average Bonchev–Trinajstić information content (AvgIpc) is 3.31. The summed E-state index contributed by atoms with van der Waals surface area (Å²) < 4.78 is 2.04. The van der Waals surface area contributed by atoms with Crippen LogP contribution in [0.15, 0.2) is 16.8 Å². The lowest BCUT2D eigenvalue weighted by Crippen LogP contribution is -2.35. The van der Waals surface area contributed by atoms with E-state index in [0.717, 1.165) is 45.0 Å². The molecule has 0 spiro atoms. The van der Waals surface area contributed by atoms with E-state index in [9.17, 15) is 4.79 Å². The van der Waals surface area contributed by atoms with Crippen LogP contribution in [-0.4, -0.2) is 70.7 Å². The van der Waals surface area contributed by atoms with Crippen molar-refractivity contribution >= 4 is 17.2 Å². The molecule has 0 unspecified atom stereocenters. The molecule has 0 bridgehead atoms. The summed E-state index contributed by atoms with van der Waals surface area (Å²) in [5.74, 6) is 2.51. The molecule has 2 aromatic heterocycles. The number of fused-ring (bicyclic) bond motifs is 2. The summed E-state index contributed by atoms with van der Waals surface area (Å²) in [5, 5.41) is 15.8. The van der Waals surface area contributed by atoms with E-state index in [2.05, 4.69) is 37.2 Å². The third kappa shape index (κ3) is 3.67.